The van der Waals surface area contributed by atoms with Crippen LogP contribution in [-0.2, 0) is 16.6 Å². The van der Waals surface area contributed by atoms with Crippen LogP contribution in [0.15, 0.2) is 48.5 Å². The average molecular weight is 339 g/mol. The van der Waals surface area contributed by atoms with Gasteiger partial charge in [0.1, 0.15) is 0 Å². The van der Waals surface area contributed by atoms with Gasteiger partial charge in [-0.15, -0.1) is 0 Å². The molecule has 4 nitrogen and oxygen atoms in total. The summed E-state index contributed by atoms with van der Waals surface area (Å²) in [6, 6.07) is 14.8. The van der Waals surface area contributed by atoms with E-state index in [2.05, 4.69) is 9.44 Å². The third-order valence-electron chi connectivity index (χ3n) is 2.89. The lowest BCUT2D eigenvalue weighted by molar-refractivity contribution is 0.575. The second kappa shape index (κ2) is 7.13. The monoisotopic (exact) mass is 338 g/mol. The van der Waals surface area contributed by atoms with Gasteiger partial charge in [0.15, 0.2) is 0 Å². The van der Waals surface area contributed by atoms with Crippen LogP contribution in [0.3, 0.4) is 0 Å². The van der Waals surface area contributed by atoms with Crippen molar-refractivity contribution in [2.75, 3.05) is 4.72 Å². The molecule has 118 valence electrons. The minimum absolute atomic E-state index is 0.158. The number of benzene rings is 2. The van der Waals surface area contributed by atoms with Gasteiger partial charge in [0, 0.05) is 11.1 Å². The van der Waals surface area contributed by atoms with Crippen molar-refractivity contribution in [2.24, 2.45) is 0 Å². The van der Waals surface area contributed by atoms with E-state index in [-0.39, 0.29) is 6.04 Å². The molecule has 0 aliphatic heterocycles. The molecule has 0 atom stereocenters. The Labute approximate surface area is 136 Å². The van der Waals surface area contributed by atoms with Crippen LogP contribution in [-0.4, -0.2) is 14.5 Å². The molecular formula is C16H19ClN2O2S. The number of hydrogen-bond acceptors (Lipinski definition) is 2. The summed E-state index contributed by atoms with van der Waals surface area (Å²) in [6.45, 7) is 3.55. The molecule has 0 spiro atoms. The highest BCUT2D eigenvalue weighted by Crippen LogP contribution is 2.17. The molecule has 0 bridgehead atoms. The summed E-state index contributed by atoms with van der Waals surface area (Å²) in [5.41, 5.74) is 2.68. The lowest BCUT2D eigenvalue weighted by Crippen LogP contribution is -2.35. The zero-order valence-electron chi connectivity index (χ0n) is 12.5. The summed E-state index contributed by atoms with van der Waals surface area (Å²) in [5.74, 6) is 0. The first-order valence-corrected chi connectivity index (χ1v) is 8.83. The van der Waals surface area contributed by atoms with Crippen molar-refractivity contribution in [3.8, 4) is 0 Å². The highest BCUT2D eigenvalue weighted by atomic mass is 35.5. The molecule has 2 aromatic carbocycles. The van der Waals surface area contributed by atoms with Crippen molar-refractivity contribution in [1.29, 1.82) is 0 Å². The quantitative estimate of drug-likeness (QED) is 0.845. The topological polar surface area (TPSA) is 58.2 Å². The van der Waals surface area contributed by atoms with E-state index >= 15 is 0 Å². The van der Waals surface area contributed by atoms with Gasteiger partial charge in [-0.05, 0) is 55.7 Å². The predicted molar refractivity (Wildman–Crippen MR) is 91.5 cm³/mol. The molecule has 2 rings (SSSR count). The van der Waals surface area contributed by atoms with E-state index in [9.17, 15) is 8.42 Å². The van der Waals surface area contributed by atoms with Crippen molar-refractivity contribution >= 4 is 27.5 Å². The van der Waals surface area contributed by atoms with Crippen LogP contribution in [0.1, 0.15) is 25.0 Å². The molecule has 0 aromatic heterocycles. The molecule has 0 saturated carbocycles. The van der Waals surface area contributed by atoms with Crippen molar-refractivity contribution in [3.05, 3.63) is 64.7 Å². The van der Waals surface area contributed by atoms with Gasteiger partial charge < -0.3 is 0 Å². The maximum atomic E-state index is 11.9. The highest BCUT2D eigenvalue weighted by molar-refractivity contribution is 7.90. The molecule has 0 radical (unpaired) electrons. The van der Waals surface area contributed by atoms with Crippen molar-refractivity contribution in [1.82, 2.24) is 4.72 Å². The molecule has 0 saturated heterocycles. The van der Waals surface area contributed by atoms with Gasteiger partial charge in [-0.2, -0.15) is 13.1 Å². The number of rotatable bonds is 6. The minimum atomic E-state index is -3.55. The molecule has 2 aromatic rings. The van der Waals surface area contributed by atoms with Crippen LogP contribution in [0.2, 0.25) is 5.02 Å². The zero-order chi connectivity index (χ0) is 16.2. The first-order valence-electron chi connectivity index (χ1n) is 6.97. The van der Waals surface area contributed by atoms with E-state index in [4.69, 9.17) is 11.6 Å². The molecule has 0 heterocycles. The van der Waals surface area contributed by atoms with E-state index in [1.165, 1.54) is 0 Å². The second-order valence-corrected chi connectivity index (χ2v) is 7.26. The SMILES string of the molecule is CC(C)NS(=O)(=O)Nc1cccc(Cc2ccc(Cl)cc2)c1. The first-order chi connectivity index (χ1) is 10.3. The number of anilines is 1. The fourth-order valence-electron chi connectivity index (χ4n) is 2.08. The van der Waals surface area contributed by atoms with Crippen LogP contribution in [0, 0.1) is 0 Å². The van der Waals surface area contributed by atoms with E-state index < -0.39 is 10.2 Å². The summed E-state index contributed by atoms with van der Waals surface area (Å²) < 4.78 is 28.8. The zero-order valence-corrected chi connectivity index (χ0v) is 14.1. The van der Waals surface area contributed by atoms with E-state index in [1.807, 2.05) is 42.5 Å². The van der Waals surface area contributed by atoms with Gasteiger partial charge in [-0.3, -0.25) is 4.72 Å². The highest BCUT2D eigenvalue weighted by Gasteiger charge is 2.11. The fourth-order valence-corrected chi connectivity index (χ4v) is 3.32. The van der Waals surface area contributed by atoms with Gasteiger partial charge in [0.25, 0.3) is 10.2 Å². The summed E-state index contributed by atoms with van der Waals surface area (Å²) in [4.78, 5) is 0. The summed E-state index contributed by atoms with van der Waals surface area (Å²) in [6.07, 6.45) is 0.713. The maximum absolute atomic E-state index is 11.9. The minimum Gasteiger partial charge on any atom is -0.271 e. The Hall–Kier alpha value is -1.56. The Morgan fingerprint density at radius 1 is 1.05 bits per heavy atom. The third-order valence-corrected chi connectivity index (χ3v) is 4.43. The van der Waals surface area contributed by atoms with Crippen LogP contribution >= 0.6 is 11.6 Å². The van der Waals surface area contributed by atoms with Crippen molar-refractivity contribution in [2.45, 2.75) is 26.3 Å². The first kappa shape index (κ1) is 16.8. The Bertz CT molecular complexity index is 728. The van der Waals surface area contributed by atoms with Crippen molar-refractivity contribution < 1.29 is 8.42 Å². The molecule has 0 fully saturated rings. The van der Waals surface area contributed by atoms with Gasteiger partial charge in [-0.25, -0.2) is 0 Å². The third kappa shape index (κ3) is 5.33. The normalized spacial score (nSPS) is 11.6. The van der Waals surface area contributed by atoms with Gasteiger partial charge in [0.2, 0.25) is 0 Å². The Kier molecular flexibility index (Phi) is 5.45. The fraction of sp³-hybridized carbons (Fsp3) is 0.250. The number of halogens is 1. The molecular weight excluding hydrogens is 320 g/mol. The van der Waals surface area contributed by atoms with Crippen LogP contribution in [0.4, 0.5) is 5.69 Å². The van der Waals surface area contributed by atoms with Crippen LogP contribution < -0.4 is 9.44 Å². The molecule has 0 unspecified atom stereocenters. The van der Waals surface area contributed by atoms with Crippen LogP contribution in [0.25, 0.3) is 0 Å². The Morgan fingerprint density at radius 3 is 2.36 bits per heavy atom. The Morgan fingerprint density at radius 2 is 1.73 bits per heavy atom. The second-order valence-electron chi connectivity index (χ2n) is 5.38. The standard InChI is InChI=1S/C16H19ClN2O2S/c1-12(2)18-22(20,21)19-16-5-3-4-14(11-16)10-13-6-8-15(17)9-7-13/h3-9,11-12,18-19H,10H2,1-2H3. The van der Waals surface area contributed by atoms with E-state index in [0.29, 0.717) is 17.1 Å². The summed E-state index contributed by atoms with van der Waals surface area (Å²) in [7, 11) is -3.55. The molecule has 22 heavy (non-hydrogen) atoms. The lowest BCUT2D eigenvalue weighted by atomic mass is 10.0. The molecule has 2 N–H and O–H groups in total. The maximum Gasteiger partial charge on any atom is 0.299 e. The molecule has 0 amide bonds. The van der Waals surface area contributed by atoms with Gasteiger partial charge in [0.05, 0.1) is 5.69 Å². The van der Waals surface area contributed by atoms with Crippen LogP contribution in [0.5, 0.6) is 0 Å². The lowest BCUT2D eigenvalue weighted by Gasteiger charge is -2.12. The smallest absolute Gasteiger partial charge is 0.271 e. The number of nitrogens with one attached hydrogen (secondary N) is 2. The van der Waals surface area contributed by atoms with E-state index in [1.54, 1.807) is 19.9 Å². The molecule has 0 aliphatic carbocycles. The largest absolute Gasteiger partial charge is 0.299 e. The van der Waals surface area contributed by atoms with E-state index in [0.717, 1.165) is 11.1 Å². The van der Waals surface area contributed by atoms with Crippen molar-refractivity contribution in [3.63, 3.8) is 0 Å². The van der Waals surface area contributed by atoms with Gasteiger partial charge in [-0.1, -0.05) is 35.9 Å². The molecule has 6 heteroatoms. The Balaban J connectivity index is 2.11. The summed E-state index contributed by atoms with van der Waals surface area (Å²) >= 11 is 5.87. The van der Waals surface area contributed by atoms with Gasteiger partial charge >= 0.3 is 0 Å². The molecule has 0 aliphatic rings. The average Bonchev–Trinajstić information content (AvgIpc) is 2.39. The summed E-state index contributed by atoms with van der Waals surface area (Å²) in [5, 5.41) is 0.699. The number of hydrogen-bond donors (Lipinski definition) is 2. The predicted octanol–water partition coefficient (Wildman–Crippen LogP) is 3.59.